The van der Waals surface area contributed by atoms with Crippen molar-refractivity contribution in [2.45, 2.75) is 4.21 Å². The van der Waals surface area contributed by atoms with E-state index in [-0.39, 0.29) is 10.1 Å². The predicted molar refractivity (Wildman–Crippen MR) is 68.7 cm³/mol. The van der Waals surface area contributed by atoms with Crippen LogP contribution in [0.2, 0.25) is 4.34 Å². The third-order valence-electron chi connectivity index (χ3n) is 2.27. The fourth-order valence-corrected chi connectivity index (χ4v) is 4.54. The Hall–Kier alpha value is -0.150. The van der Waals surface area contributed by atoms with Crippen molar-refractivity contribution in [3.63, 3.8) is 0 Å². The van der Waals surface area contributed by atoms with Crippen molar-refractivity contribution in [2.24, 2.45) is 5.92 Å². The summed E-state index contributed by atoms with van der Waals surface area (Å²) in [5, 5.41) is 2.90. The van der Waals surface area contributed by atoms with E-state index >= 15 is 0 Å². The maximum absolute atomic E-state index is 11.8. The summed E-state index contributed by atoms with van der Waals surface area (Å²) in [6, 6.07) is 1.38. The molecule has 2 N–H and O–H groups in total. The van der Waals surface area contributed by atoms with Crippen molar-refractivity contribution in [1.82, 2.24) is 10.0 Å². The first-order valence-electron chi connectivity index (χ1n) is 4.62. The van der Waals surface area contributed by atoms with E-state index in [0.29, 0.717) is 21.9 Å². The van der Waals surface area contributed by atoms with Gasteiger partial charge < -0.3 is 5.32 Å². The van der Waals surface area contributed by atoms with E-state index in [1.807, 2.05) is 4.72 Å². The Balaban J connectivity index is 2.15. The summed E-state index contributed by atoms with van der Waals surface area (Å²) < 4.78 is 26.6. The number of nitrogens with one attached hydrogen (secondary N) is 2. The van der Waals surface area contributed by atoms with E-state index in [1.54, 1.807) is 0 Å². The maximum Gasteiger partial charge on any atom is 0.273 e. The van der Waals surface area contributed by atoms with Gasteiger partial charge in [0.2, 0.25) is 5.91 Å². The summed E-state index contributed by atoms with van der Waals surface area (Å²) in [7, 11) is -3.81. The normalized spacial score (nSPS) is 16.6. The fourth-order valence-electron chi connectivity index (χ4n) is 1.20. The molecule has 2 rings (SSSR count). The molecular weight excluding hydrogens is 352 g/mol. The van der Waals surface area contributed by atoms with E-state index in [0.717, 1.165) is 11.3 Å². The molecule has 1 aromatic rings. The predicted octanol–water partition coefficient (Wildman–Crippen LogP) is 1.19. The summed E-state index contributed by atoms with van der Waals surface area (Å²) in [5.74, 6) is -0.756. The van der Waals surface area contributed by atoms with Gasteiger partial charge in [0.05, 0.1) is 5.92 Å². The second-order valence-electron chi connectivity index (χ2n) is 3.51. The van der Waals surface area contributed by atoms with Crippen LogP contribution >= 0.6 is 38.9 Å². The van der Waals surface area contributed by atoms with E-state index in [1.165, 1.54) is 6.07 Å². The second-order valence-corrected chi connectivity index (χ2v) is 7.93. The molecular formula is C8H8BrClN2O3S2. The SMILES string of the molecule is O=C(NS(=O)(=O)c1cc(Br)c(Cl)s1)C1CNC1. The molecule has 0 saturated carbocycles. The van der Waals surface area contributed by atoms with E-state index in [9.17, 15) is 13.2 Å². The van der Waals surface area contributed by atoms with Crippen LogP contribution < -0.4 is 10.0 Å². The molecule has 1 aliphatic heterocycles. The molecule has 0 aromatic carbocycles. The third-order valence-corrected chi connectivity index (χ3v) is 6.57. The zero-order chi connectivity index (χ0) is 12.6. The highest BCUT2D eigenvalue weighted by Gasteiger charge is 2.29. The van der Waals surface area contributed by atoms with Gasteiger partial charge in [0.25, 0.3) is 10.0 Å². The molecule has 2 heterocycles. The molecule has 0 aliphatic carbocycles. The molecule has 9 heteroatoms. The Morgan fingerprint density at radius 2 is 2.24 bits per heavy atom. The average molecular weight is 360 g/mol. The van der Waals surface area contributed by atoms with Crippen molar-refractivity contribution >= 4 is 54.8 Å². The van der Waals surface area contributed by atoms with E-state index in [2.05, 4.69) is 21.2 Å². The lowest BCUT2D eigenvalue weighted by atomic mass is 10.0. The number of carbonyl (C=O) groups excluding carboxylic acids is 1. The number of amides is 1. The average Bonchev–Trinajstić information content (AvgIpc) is 2.43. The largest absolute Gasteiger partial charge is 0.315 e. The minimum atomic E-state index is -3.81. The molecule has 1 fully saturated rings. The third kappa shape index (κ3) is 2.82. The molecule has 5 nitrogen and oxygen atoms in total. The number of carbonyl (C=O) groups is 1. The van der Waals surface area contributed by atoms with E-state index in [4.69, 9.17) is 11.6 Å². The molecule has 0 spiro atoms. The van der Waals surface area contributed by atoms with Gasteiger partial charge in [-0.2, -0.15) is 0 Å². The quantitative estimate of drug-likeness (QED) is 0.850. The van der Waals surface area contributed by atoms with Crippen LogP contribution in [0.25, 0.3) is 0 Å². The monoisotopic (exact) mass is 358 g/mol. The molecule has 1 aliphatic rings. The number of halogens is 2. The first-order chi connectivity index (χ1) is 7.90. The second kappa shape index (κ2) is 4.85. The van der Waals surface area contributed by atoms with Crippen LogP contribution in [0.4, 0.5) is 0 Å². The lowest BCUT2D eigenvalue weighted by molar-refractivity contribution is -0.124. The lowest BCUT2D eigenvalue weighted by Crippen LogP contribution is -2.51. The van der Waals surface area contributed by atoms with Crippen molar-refractivity contribution in [1.29, 1.82) is 0 Å². The highest BCUT2D eigenvalue weighted by atomic mass is 79.9. The minimum absolute atomic E-state index is 0.0232. The Morgan fingerprint density at radius 3 is 2.65 bits per heavy atom. The van der Waals surface area contributed by atoms with Gasteiger partial charge in [0.1, 0.15) is 8.55 Å². The molecule has 1 aromatic heterocycles. The van der Waals surface area contributed by atoms with Crippen molar-refractivity contribution in [3.05, 3.63) is 14.9 Å². The van der Waals surface area contributed by atoms with Crippen LogP contribution in [0.1, 0.15) is 0 Å². The highest BCUT2D eigenvalue weighted by Crippen LogP contribution is 2.34. The number of thiophene rings is 1. The van der Waals surface area contributed by atoms with Crippen LogP contribution in [0.3, 0.4) is 0 Å². The Morgan fingerprint density at radius 1 is 1.59 bits per heavy atom. The maximum atomic E-state index is 11.8. The van der Waals surface area contributed by atoms with Gasteiger partial charge in [0.15, 0.2) is 0 Å². The van der Waals surface area contributed by atoms with Gasteiger partial charge in [-0.25, -0.2) is 13.1 Å². The molecule has 0 bridgehead atoms. The zero-order valence-electron chi connectivity index (χ0n) is 8.37. The molecule has 1 saturated heterocycles. The van der Waals surface area contributed by atoms with Gasteiger partial charge in [-0.1, -0.05) is 11.6 Å². The van der Waals surface area contributed by atoms with Gasteiger partial charge >= 0.3 is 0 Å². The summed E-state index contributed by atoms with van der Waals surface area (Å²) in [6.45, 7) is 1.02. The van der Waals surface area contributed by atoms with Gasteiger partial charge in [-0.05, 0) is 22.0 Å². The van der Waals surface area contributed by atoms with E-state index < -0.39 is 15.9 Å². The Kier molecular flexibility index (Phi) is 3.79. The fraction of sp³-hybridized carbons (Fsp3) is 0.375. The topological polar surface area (TPSA) is 75.3 Å². The summed E-state index contributed by atoms with van der Waals surface area (Å²) in [4.78, 5) is 11.5. The summed E-state index contributed by atoms with van der Waals surface area (Å²) in [6.07, 6.45) is 0. The van der Waals surface area contributed by atoms with Gasteiger partial charge in [-0.3, -0.25) is 4.79 Å². The van der Waals surface area contributed by atoms with Gasteiger partial charge in [0, 0.05) is 17.6 Å². The van der Waals surface area contributed by atoms with Crippen LogP contribution in [0.15, 0.2) is 14.7 Å². The van der Waals surface area contributed by atoms with Crippen LogP contribution in [-0.2, 0) is 14.8 Å². The first-order valence-corrected chi connectivity index (χ1v) is 8.09. The smallest absolute Gasteiger partial charge is 0.273 e. The van der Waals surface area contributed by atoms with Crippen molar-refractivity contribution < 1.29 is 13.2 Å². The lowest BCUT2D eigenvalue weighted by Gasteiger charge is -2.25. The number of hydrogen-bond acceptors (Lipinski definition) is 5. The Labute approximate surface area is 116 Å². The van der Waals surface area contributed by atoms with Crippen LogP contribution in [0, 0.1) is 5.92 Å². The Bertz CT molecular complexity index is 534. The van der Waals surface area contributed by atoms with Crippen LogP contribution in [-0.4, -0.2) is 27.4 Å². The summed E-state index contributed by atoms with van der Waals surface area (Å²) >= 11 is 9.78. The number of rotatable bonds is 3. The minimum Gasteiger partial charge on any atom is -0.315 e. The number of hydrogen-bond donors (Lipinski definition) is 2. The first kappa shape index (κ1) is 13.3. The molecule has 0 unspecified atom stereocenters. The zero-order valence-corrected chi connectivity index (χ0v) is 12.3. The molecule has 1 amide bonds. The number of sulfonamides is 1. The van der Waals surface area contributed by atoms with Crippen molar-refractivity contribution in [2.75, 3.05) is 13.1 Å². The molecule has 94 valence electrons. The van der Waals surface area contributed by atoms with Gasteiger partial charge in [-0.15, -0.1) is 11.3 Å². The molecule has 0 radical (unpaired) electrons. The summed E-state index contributed by atoms with van der Waals surface area (Å²) in [5.41, 5.74) is 0. The van der Waals surface area contributed by atoms with Crippen LogP contribution in [0.5, 0.6) is 0 Å². The molecule has 17 heavy (non-hydrogen) atoms. The highest BCUT2D eigenvalue weighted by molar-refractivity contribution is 9.10. The standard InChI is InChI=1S/C8H8BrClN2O3S2/c9-5-1-6(16-7(5)10)17(14,15)12-8(13)4-2-11-3-4/h1,4,11H,2-3H2,(H,12,13). The molecule has 0 atom stereocenters. The van der Waals surface area contributed by atoms with Crippen molar-refractivity contribution in [3.8, 4) is 0 Å².